The first-order chi connectivity index (χ1) is 9.43. The summed E-state index contributed by atoms with van der Waals surface area (Å²) in [6.07, 6.45) is 0. The molecule has 0 aliphatic rings. The molecular formula is C14H20Br2N2O2. The maximum atomic E-state index is 11.2. The van der Waals surface area contributed by atoms with E-state index < -0.39 is 0 Å². The Balaban J connectivity index is 2.68. The number of nitrogens with one attached hydrogen (secondary N) is 2. The molecular weight excluding hydrogens is 388 g/mol. The van der Waals surface area contributed by atoms with Crippen molar-refractivity contribution in [1.82, 2.24) is 10.6 Å². The second-order valence-corrected chi connectivity index (χ2v) is 6.58. The fourth-order valence-electron chi connectivity index (χ4n) is 1.57. The van der Waals surface area contributed by atoms with Gasteiger partial charge in [-0.3, -0.25) is 4.79 Å². The van der Waals surface area contributed by atoms with Gasteiger partial charge in [-0.2, -0.15) is 0 Å². The highest BCUT2D eigenvalue weighted by molar-refractivity contribution is 9.11. The van der Waals surface area contributed by atoms with Crippen LogP contribution in [0.25, 0.3) is 0 Å². The third-order valence-corrected chi connectivity index (χ3v) is 3.74. The van der Waals surface area contributed by atoms with Crippen LogP contribution < -0.4 is 15.4 Å². The molecule has 1 aromatic carbocycles. The highest BCUT2D eigenvalue weighted by atomic mass is 79.9. The monoisotopic (exact) mass is 406 g/mol. The predicted octanol–water partition coefficient (Wildman–Crippen LogP) is 3.08. The molecule has 0 saturated heterocycles. The molecule has 0 fully saturated rings. The lowest BCUT2D eigenvalue weighted by Gasteiger charge is -2.13. The molecule has 0 bridgehead atoms. The zero-order valence-electron chi connectivity index (χ0n) is 11.9. The highest BCUT2D eigenvalue weighted by Gasteiger charge is 2.10. The van der Waals surface area contributed by atoms with Crippen LogP contribution in [0.15, 0.2) is 21.1 Å². The second kappa shape index (κ2) is 8.64. The maximum Gasteiger partial charge on any atom is 0.257 e. The molecule has 4 nitrogen and oxygen atoms in total. The van der Waals surface area contributed by atoms with Gasteiger partial charge in [0, 0.05) is 13.6 Å². The fourth-order valence-corrected chi connectivity index (χ4v) is 3.08. The van der Waals surface area contributed by atoms with Gasteiger partial charge in [0.25, 0.3) is 5.91 Å². The summed E-state index contributed by atoms with van der Waals surface area (Å²) < 4.78 is 7.15. The number of ether oxygens (including phenoxy) is 1. The lowest BCUT2D eigenvalue weighted by molar-refractivity contribution is -0.122. The molecule has 2 N–H and O–H groups in total. The van der Waals surface area contributed by atoms with E-state index in [1.807, 2.05) is 12.1 Å². The van der Waals surface area contributed by atoms with E-state index in [1.165, 1.54) is 0 Å². The second-order valence-electron chi connectivity index (χ2n) is 4.88. The van der Waals surface area contributed by atoms with Gasteiger partial charge in [-0.05, 0) is 62.0 Å². The van der Waals surface area contributed by atoms with E-state index >= 15 is 0 Å². The van der Waals surface area contributed by atoms with Crippen LogP contribution in [0, 0.1) is 5.92 Å². The van der Waals surface area contributed by atoms with E-state index in [9.17, 15) is 4.79 Å². The molecule has 0 aromatic heterocycles. The molecule has 0 unspecified atom stereocenters. The standard InChI is InChI=1S/C14H20Br2N2O2/c1-9(2)6-18-7-10-4-11(15)14(12(16)5-10)20-8-13(19)17-3/h4-5,9,18H,6-8H2,1-3H3,(H,17,19). The van der Waals surface area contributed by atoms with Crippen LogP contribution >= 0.6 is 31.9 Å². The Bertz CT molecular complexity index is 441. The minimum absolute atomic E-state index is 0.00134. The van der Waals surface area contributed by atoms with Gasteiger partial charge >= 0.3 is 0 Å². The smallest absolute Gasteiger partial charge is 0.257 e. The van der Waals surface area contributed by atoms with Crippen molar-refractivity contribution in [3.63, 3.8) is 0 Å². The third-order valence-electron chi connectivity index (χ3n) is 2.57. The summed E-state index contributed by atoms with van der Waals surface area (Å²) in [5.74, 6) is 1.10. The van der Waals surface area contributed by atoms with E-state index in [0.29, 0.717) is 11.7 Å². The summed E-state index contributed by atoms with van der Waals surface area (Å²) in [5, 5.41) is 5.91. The van der Waals surface area contributed by atoms with Gasteiger partial charge in [-0.15, -0.1) is 0 Å². The van der Waals surface area contributed by atoms with E-state index in [2.05, 4.69) is 56.3 Å². The van der Waals surface area contributed by atoms with E-state index in [-0.39, 0.29) is 12.5 Å². The molecule has 0 aliphatic carbocycles. The number of amides is 1. The molecule has 0 heterocycles. The van der Waals surface area contributed by atoms with Crippen molar-refractivity contribution >= 4 is 37.8 Å². The Morgan fingerprint density at radius 3 is 2.40 bits per heavy atom. The number of hydrogen-bond donors (Lipinski definition) is 2. The quantitative estimate of drug-likeness (QED) is 0.730. The molecule has 0 aliphatic heterocycles. The van der Waals surface area contributed by atoms with E-state index in [4.69, 9.17) is 4.74 Å². The molecule has 1 amide bonds. The van der Waals surface area contributed by atoms with Crippen molar-refractivity contribution < 1.29 is 9.53 Å². The van der Waals surface area contributed by atoms with Crippen molar-refractivity contribution in [2.75, 3.05) is 20.2 Å². The van der Waals surface area contributed by atoms with Crippen LogP contribution in [-0.2, 0) is 11.3 Å². The summed E-state index contributed by atoms with van der Waals surface area (Å²) in [6, 6.07) is 3.99. The Hall–Kier alpha value is -0.590. The first kappa shape index (κ1) is 17.5. The molecule has 0 atom stereocenters. The van der Waals surface area contributed by atoms with Crippen molar-refractivity contribution in [3.05, 3.63) is 26.6 Å². The Labute approximate surface area is 136 Å². The zero-order chi connectivity index (χ0) is 15.1. The summed E-state index contributed by atoms with van der Waals surface area (Å²) in [6.45, 7) is 6.12. The SMILES string of the molecule is CNC(=O)COc1c(Br)cc(CNCC(C)C)cc1Br. The minimum Gasteiger partial charge on any atom is -0.481 e. The van der Waals surface area contributed by atoms with E-state index in [1.54, 1.807) is 7.05 Å². The normalized spacial score (nSPS) is 10.7. The van der Waals surface area contributed by atoms with Crippen molar-refractivity contribution in [2.24, 2.45) is 5.92 Å². The van der Waals surface area contributed by atoms with Gasteiger partial charge in [0.1, 0.15) is 5.75 Å². The van der Waals surface area contributed by atoms with Gasteiger partial charge in [-0.1, -0.05) is 13.8 Å². The number of rotatable bonds is 7. The first-order valence-corrected chi connectivity index (χ1v) is 8.04. The van der Waals surface area contributed by atoms with Gasteiger partial charge in [0.15, 0.2) is 6.61 Å². The molecule has 0 radical (unpaired) electrons. The van der Waals surface area contributed by atoms with Gasteiger partial charge in [0.2, 0.25) is 0 Å². The van der Waals surface area contributed by atoms with Crippen LogP contribution in [0.2, 0.25) is 0 Å². The molecule has 1 rings (SSSR count). The summed E-state index contributed by atoms with van der Waals surface area (Å²) in [7, 11) is 1.58. The fraction of sp³-hybridized carbons (Fsp3) is 0.500. The topological polar surface area (TPSA) is 50.4 Å². The van der Waals surface area contributed by atoms with Crippen molar-refractivity contribution in [1.29, 1.82) is 0 Å². The zero-order valence-corrected chi connectivity index (χ0v) is 15.1. The maximum absolute atomic E-state index is 11.2. The van der Waals surface area contributed by atoms with E-state index in [0.717, 1.165) is 27.6 Å². The Morgan fingerprint density at radius 2 is 1.90 bits per heavy atom. The number of carbonyl (C=O) groups excluding carboxylic acids is 1. The van der Waals surface area contributed by atoms with Crippen LogP contribution in [0.5, 0.6) is 5.75 Å². The number of likely N-dealkylation sites (N-methyl/N-ethyl adjacent to an activating group) is 1. The first-order valence-electron chi connectivity index (χ1n) is 6.46. The van der Waals surface area contributed by atoms with Crippen molar-refractivity contribution in [3.8, 4) is 5.75 Å². The van der Waals surface area contributed by atoms with Gasteiger partial charge in [0.05, 0.1) is 8.95 Å². The lowest BCUT2D eigenvalue weighted by atomic mass is 10.2. The van der Waals surface area contributed by atoms with Crippen LogP contribution in [0.1, 0.15) is 19.4 Å². The molecule has 6 heteroatoms. The number of benzene rings is 1. The average molecular weight is 408 g/mol. The van der Waals surface area contributed by atoms with Gasteiger partial charge in [-0.25, -0.2) is 0 Å². The third kappa shape index (κ3) is 5.81. The van der Waals surface area contributed by atoms with Crippen LogP contribution in [-0.4, -0.2) is 26.1 Å². The summed E-state index contributed by atoms with van der Waals surface area (Å²) >= 11 is 6.95. The summed E-state index contributed by atoms with van der Waals surface area (Å²) in [4.78, 5) is 11.2. The Kier molecular flexibility index (Phi) is 7.55. The van der Waals surface area contributed by atoms with Crippen LogP contribution in [0.4, 0.5) is 0 Å². The van der Waals surface area contributed by atoms with Crippen LogP contribution in [0.3, 0.4) is 0 Å². The predicted molar refractivity (Wildman–Crippen MR) is 87.9 cm³/mol. The average Bonchev–Trinajstić information content (AvgIpc) is 2.37. The molecule has 20 heavy (non-hydrogen) atoms. The molecule has 1 aromatic rings. The number of halogens is 2. The van der Waals surface area contributed by atoms with Gasteiger partial charge < -0.3 is 15.4 Å². The molecule has 0 spiro atoms. The minimum atomic E-state index is -0.161. The highest BCUT2D eigenvalue weighted by Crippen LogP contribution is 2.34. The number of carbonyl (C=O) groups is 1. The van der Waals surface area contributed by atoms with Crippen molar-refractivity contribution in [2.45, 2.75) is 20.4 Å². The number of hydrogen-bond acceptors (Lipinski definition) is 3. The largest absolute Gasteiger partial charge is 0.481 e. The summed E-state index contributed by atoms with van der Waals surface area (Å²) in [5.41, 5.74) is 1.15. The lowest BCUT2D eigenvalue weighted by Crippen LogP contribution is -2.25. The molecule has 0 saturated carbocycles. The molecule has 112 valence electrons. The Morgan fingerprint density at radius 1 is 1.30 bits per heavy atom.